The van der Waals surface area contributed by atoms with Gasteiger partial charge in [0.05, 0.1) is 21.7 Å². The average molecular weight is 338 g/mol. The van der Waals surface area contributed by atoms with Crippen molar-refractivity contribution >= 4 is 29.1 Å². The highest BCUT2D eigenvalue weighted by Gasteiger charge is 2.18. The maximum atomic E-state index is 12.3. The molecule has 0 unspecified atom stereocenters. The summed E-state index contributed by atoms with van der Waals surface area (Å²) in [5.74, 6) is -0.344. The monoisotopic (exact) mass is 337 g/mol. The smallest absolute Gasteiger partial charge is 0.254 e. The Bertz CT molecular complexity index is 626. The molecule has 0 bridgehead atoms. The lowest BCUT2D eigenvalue weighted by atomic mass is 10.0. The lowest BCUT2D eigenvalue weighted by Crippen LogP contribution is -2.34. The number of hydrogen-bond donors (Lipinski definition) is 2. The highest BCUT2D eigenvalue weighted by atomic mass is 35.5. The van der Waals surface area contributed by atoms with E-state index in [1.54, 1.807) is 18.2 Å². The van der Waals surface area contributed by atoms with Crippen molar-refractivity contribution < 1.29 is 9.90 Å². The second kappa shape index (κ2) is 7.63. The summed E-state index contributed by atoms with van der Waals surface area (Å²) in [5, 5.41) is 13.6. The third-order valence-corrected chi connectivity index (χ3v) is 3.96. The van der Waals surface area contributed by atoms with Crippen LogP contribution in [0.5, 0.6) is 0 Å². The van der Waals surface area contributed by atoms with E-state index in [9.17, 15) is 9.90 Å². The van der Waals surface area contributed by atoms with Gasteiger partial charge in [-0.3, -0.25) is 4.79 Å². The van der Waals surface area contributed by atoms with E-state index < -0.39 is 6.10 Å². The highest BCUT2D eigenvalue weighted by Crippen LogP contribution is 2.24. The molecule has 0 aliphatic rings. The molecule has 2 atom stereocenters. The van der Waals surface area contributed by atoms with Gasteiger partial charge in [-0.15, -0.1) is 0 Å². The van der Waals surface area contributed by atoms with Gasteiger partial charge < -0.3 is 10.4 Å². The minimum absolute atomic E-state index is 0.227. The van der Waals surface area contributed by atoms with Crippen LogP contribution in [-0.2, 0) is 0 Å². The third kappa shape index (κ3) is 4.23. The summed E-state index contributed by atoms with van der Waals surface area (Å²) in [6.07, 6.45) is -0.240. The lowest BCUT2D eigenvalue weighted by Gasteiger charge is -2.19. The molecule has 3 nitrogen and oxygen atoms in total. The number of aliphatic hydroxyl groups excluding tert-OH is 1. The van der Waals surface area contributed by atoms with Crippen molar-refractivity contribution in [3.8, 4) is 0 Å². The van der Waals surface area contributed by atoms with Crippen LogP contribution in [0.25, 0.3) is 0 Å². The zero-order valence-electron chi connectivity index (χ0n) is 12.1. The molecule has 0 heterocycles. The predicted molar refractivity (Wildman–Crippen MR) is 89.4 cm³/mol. The first-order valence-corrected chi connectivity index (χ1v) is 7.72. The number of aliphatic hydroxyl groups is 1. The molecule has 0 aromatic heterocycles. The van der Waals surface area contributed by atoms with Crippen molar-refractivity contribution in [2.45, 2.75) is 25.5 Å². The number of amides is 1. The summed E-state index contributed by atoms with van der Waals surface area (Å²) >= 11 is 12.0. The molecule has 0 saturated carbocycles. The SMILES string of the molecule is C[C@@H](C[C@H](O)c1ccccc1)NC(=O)c1c(Cl)cccc1Cl. The maximum absolute atomic E-state index is 12.3. The van der Waals surface area contributed by atoms with Crippen molar-refractivity contribution in [2.75, 3.05) is 0 Å². The standard InChI is InChI=1S/C17H17Cl2NO2/c1-11(10-15(21)12-6-3-2-4-7-12)20-17(22)16-13(18)8-5-9-14(16)19/h2-9,11,15,21H,10H2,1H3,(H,20,22)/t11-,15-/m0/s1. The van der Waals surface area contributed by atoms with E-state index in [-0.39, 0.29) is 17.5 Å². The average Bonchev–Trinajstić information content (AvgIpc) is 2.47. The second-order valence-electron chi connectivity index (χ2n) is 5.13. The van der Waals surface area contributed by atoms with Gasteiger partial charge in [-0.2, -0.15) is 0 Å². The quantitative estimate of drug-likeness (QED) is 0.857. The fourth-order valence-electron chi connectivity index (χ4n) is 2.22. The van der Waals surface area contributed by atoms with Crippen molar-refractivity contribution in [2.24, 2.45) is 0 Å². The van der Waals surface area contributed by atoms with Gasteiger partial charge in [0.1, 0.15) is 0 Å². The van der Waals surface area contributed by atoms with Crippen molar-refractivity contribution in [1.82, 2.24) is 5.32 Å². The second-order valence-corrected chi connectivity index (χ2v) is 5.95. The molecule has 22 heavy (non-hydrogen) atoms. The van der Waals surface area contributed by atoms with Gasteiger partial charge in [-0.1, -0.05) is 59.6 Å². The zero-order valence-corrected chi connectivity index (χ0v) is 13.6. The molecule has 2 aromatic rings. The molecular weight excluding hydrogens is 321 g/mol. The minimum Gasteiger partial charge on any atom is -0.388 e. The van der Waals surface area contributed by atoms with Gasteiger partial charge in [0.15, 0.2) is 0 Å². The lowest BCUT2D eigenvalue weighted by molar-refractivity contribution is 0.0917. The van der Waals surface area contributed by atoms with Crippen LogP contribution in [0.1, 0.15) is 35.4 Å². The number of carbonyl (C=O) groups is 1. The molecule has 5 heteroatoms. The van der Waals surface area contributed by atoms with E-state index in [4.69, 9.17) is 23.2 Å². The summed E-state index contributed by atoms with van der Waals surface area (Å²) in [4.78, 5) is 12.3. The number of rotatable bonds is 5. The van der Waals surface area contributed by atoms with Crippen LogP contribution in [-0.4, -0.2) is 17.1 Å². The molecule has 0 radical (unpaired) electrons. The first-order chi connectivity index (χ1) is 10.5. The van der Waals surface area contributed by atoms with E-state index in [1.165, 1.54) is 0 Å². The molecule has 2 N–H and O–H groups in total. The molecule has 0 saturated heterocycles. The maximum Gasteiger partial charge on any atom is 0.254 e. The highest BCUT2D eigenvalue weighted by molar-refractivity contribution is 6.39. The van der Waals surface area contributed by atoms with Crippen LogP contribution in [0.15, 0.2) is 48.5 Å². The summed E-state index contributed by atoms with van der Waals surface area (Å²) in [6, 6.07) is 14.0. The van der Waals surface area contributed by atoms with Crippen LogP contribution in [0.4, 0.5) is 0 Å². The zero-order chi connectivity index (χ0) is 16.1. The Morgan fingerprint density at radius 3 is 2.27 bits per heavy atom. The van der Waals surface area contributed by atoms with Gasteiger partial charge in [0, 0.05) is 6.04 Å². The van der Waals surface area contributed by atoms with Gasteiger partial charge in [0.2, 0.25) is 0 Å². The van der Waals surface area contributed by atoms with Crippen molar-refractivity contribution in [1.29, 1.82) is 0 Å². The largest absolute Gasteiger partial charge is 0.388 e. The Balaban J connectivity index is 2.00. The summed E-state index contributed by atoms with van der Waals surface area (Å²) < 4.78 is 0. The van der Waals surface area contributed by atoms with Crippen molar-refractivity contribution in [3.05, 3.63) is 69.7 Å². The Morgan fingerprint density at radius 2 is 1.68 bits per heavy atom. The van der Waals surface area contributed by atoms with Gasteiger partial charge in [-0.25, -0.2) is 0 Å². The third-order valence-electron chi connectivity index (χ3n) is 3.33. The van der Waals surface area contributed by atoms with Crippen LogP contribution in [0, 0.1) is 0 Å². The minimum atomic E-state index is -0.641. The van der Waals surface area contributed by atoms with Crippen LogP contribution < -0.4 is 5.32 Å². The van der Waals surface area contributed by atoms with Crippen molar-refractivity contribution in [3.63, 3.8) is 0 Å². The van der Waals surface area contributed by atoms with Gasteiger partial charge in [-0.05, 0) is 31.0 Å². The molecule has 116 valence electrons. The fourth-order valence-corrected chi connectivity index (χ4v) is 2.78. The first kappa shape index (κ1) is 16.8. The summed E-state index contributed by atoms with van der Waals surface area (Å²) in [7, 11) is 0. The predicted octanol–water partition coefficient (Wildman–Crippen LogP) is 4.24. The molecule has 2 rings (SSSR count). The van der Waals surface area contributed by atoms with E-state index in [0.29, 0.717) is 16.5 Å². The topological polar surface area (TPSA) is 49.3 Å². The number of halogens is 2. The van der Waals surface area contributed by atoms with E-state index in [2.05, 4.69) is 5.32 Å². The Morgan fingerprint density at radius 1 is 1.09 bits per heavy atom. The molecular formula is C17H17Cl2NO2. The van der Waals surface area contributed by atoms with Crippen LogP contribution in [0.2, 0.25) is 10.0 Å². The summed E-state index contributed by atoms with van der Waals surface area (Å²) in [5.41, 5.74) is 1.08. The molecule has 0 spiro atoms. The van der Waals surface area contributed by atoms with Gasteiger partial charge in [0.25, 0.3) is 5.91 Å². The molecule has 0 aliphatic heterocycles. The Kier molecular flexibility index (Phi) is 5.83. The number of nitrogens with one attached hydrogen (secondary N) is 1. The van der Waals surface area contributed by atoms with E-state index in [1.807, 2.05) is 37.3 Å². The Hall–Kier alpha value is -1.55. The number of benzene rings is 2. The van der Waals surface area contributed by atoms with Crippen LogP contribution >= 0.6 is 23.2 Å². The van der Waals surface area contributed by atoms with E-state index >= 15 is 0 Å². The fraction of sp³-hybridized carbons (Fsp3) is 0.235. The number of carbonyl (C=O) groups excluding carboxylic acids is 1. The molecule has 1 amide bonds. The molecule has 0 fully saturated rings. The van der Waals surface area contributed by atoms with Gasteiger partial charge >= 0.3 is 0 Å². The molecule has 2 aromatic carbocycles. The van der Waals surface area contributed by atoms with Crippen LogP contribution in [0.3, 0.4) is 0 Å². The van der Waals surface area contributed by atoms with E-state index in [0.717, 1.165) is 5.56 Å². The normalized spacial score (nSPS) is 13.5. The Labute approximate surface area is 139 Å². The molecule has 0 aliphatic carbocycles. The summed E-state index contributed by atoms with van der Waals surface area (Å²) in [6.45, 7) is 1.83. The first-order valence-electron chi connectivity index (χ1n) is 6.97. The number of hydrogen-bond acceptors (Lipinski definition) is 2.